The van der Waals surface area contributed by atoms with Gasteiger partial charge in [0, 0.05) is 19.6 Å². The zero-order valence-electron chi connectivity index (χ0n) is 13.3. The van der Waals surface area contributed by atoms with Gasteiger partial charge in [0.05, 0.1) is 24.9 Å². The molecule has 0 radical (unpaired) electrons. The van der Waals surface area contributed by atoms with Gasteiger partial charge < -0.3 is 9.64 Å². The summed E-state index contributed by atoms with van der Waals surface area (Å²) in [6.45, 7) is 13.0. The fourth-order valence-electron chi connectivity index (χ4n) is 3.15. The lowest BCUT2D eigenvalue weighted by molar-refractivity contribution is -0.134. The minimum absolute atomic E-state index is 0.0201. The van der Waals surface area contributed by atoms with Crippen molar-refractivity contribution in [3.8, 4) is 0 Å². The third kappa shape index (κ3) is 3.32. The number of hydrogen-bond acceptors (Lipinski definition) is 4. The van der Waals surface area contributed by atoms with E-state index in [0.29, 0.717) is 12.5 Å². The number of ether oxygens (including phenoxy) is 1. The average Bonchev–Trinajstić information content (AvgIpc) is 2.76. The average molecular weight is 283 g/mol. The molecule has 3 atom stereocenters. The molecule has 0 saturated carbocycles. The molecule has 2 saturated heterocycles. The maximum Gasteiger partial charge on any atom is 0.241 e. The van der Waals surface area contributed by atoms with Gasteiger partial charge in [-0.2, -0.15) is 0 Å². The summed E-state index contributed by atoms with van der Waals surface area (Å²) >= 11 is 0. The second kappa shape index (κ2) is 6.87. The highest BCUT2D eigenvalue weighted by Gasteiger charge is 2.40. The first-order valence-corrected chi connectivity index (χ1v) is 7.97. The molecule has 0 spiro atoms. The SMILES string of the molecule is CCC1NC(C(C)C)N(CC2CN(CC)CCO2)C1=O. The highest BCUT2D eigenvalue weighted by atomic mass is 16.5. The molecule has 0 aliphatic carbocycles. The van der Waals surface area contributed by atoms with Crippen molar-refractivity contribution in [1.82, 2.24) is 15.1 Å². The normalized spacial score (nSPS) is 32.4. The number of morpholine rings is 1. The molecule has 116 valence electrons. The minimum Gasteiger partial charge on any atom is -0.374 e. The zero-order chi connectivity index (χ0) is 14.7. The number of hydrogen-bond donors (Lipinski definition) is 1. The fourth-order valence-corrected chi connectivity index (χ4v) is 3.15. The number of nitrogens with zero attached hydrogens (tertiary/aromatic N) is 2. The Hall–Kier alpha value is -0.650. The van der Waals surface area contributed by atoms with Crippen LogP contribution in [0.15, 0.2) is 0 Å². The molecule has 2 aliphatic rings. The molecule has 2 fully saturated rings. The maximum absolute atomic E-state index is 12.5. The molecule has 2 aliphatic heterocycles. The van der Waals surface area contributed by atoms with Crippen LogP contribution in [0.1, 0.15) is 34.1 Å². The minimum atomic E-state index is -0.0201. The lowest BCUT2D eigenvalue weighted by Crippen LogP contribution is -2.51. The number of amides is 1. The van der Waals surface area contributed by atoms with Crippen molar-refractivity contribution >= 4 is 5.91 Å². The Morgan fingerprint density at radius 1 is 1.40 bits per heavy atom. The molecule has 1 amide bonds. The summed E-state index contributed by atoms with van der Waals surface area (Å²) < 4.78 is 5.85. The molecule has 0 aromatic carbocycles. The Bertz CT molecular complexity index is 335. The number of rotatable bonds is 5. The van der Waals surface area contributed by atoms with Crippen molar-refractivity contribution in [3.05, 3.63) is 0 Å². The third-order valence-electron chi connectivity index (χ3n) is 4.40. The lowest BCUT2D eigenvalue weighted by atomic mass is 10.1. The second-order valence-electron chi connectivity index (χ2n) is 6.19. The molecule has 0 aromatic heterocycles. The van der Waals surface area contributed by atoms with E-state index in [1.165, 1.54) is 0 Å². The Kier molecular flexibility index (Phi) is 5.41. The van der Waals surface area contributed by atoms with Crippen LogP contribution in [0.25, 0.3) is 0 Å². The molecule has 2 rings (SSSR count). The van der Waals surface area contributed by atoms with Gasteiger partial charge in [-0.1, -0.05) is 27.7 Å². The molecule has 0 aromatic rings. The number of likely N-dealkylation sites (N-methyl/N-ethyl adjacent to an activating group) is 1. The second-order valence-corrected chi connectivity index (χ2v) is 6.19. The summed E-state index contributed by atoms with van der Waals surface area (Å²) in [5, 5.41) is 3.46. The maximum atomic E-state index is 12.5. The fraction of sp³-hybridized carbons (Fsp3) is 0.933. The monoisotopic (exact) mass is 283 g/mol. The molecule has 3 unspecified atom stereocenters. The summed E-state index contributed by atoms with van der Waals surface area (Å²) in [6, 6.07) is -0.0201. The van der Waals surface area contributed by atoms with Gasteiger partial charge >= 0.3 is 0 Å². The largest absolute Gasteiger partial charge is 0.374 e. The van der Waals surface area contributed by atoms with Gasteiger partial charge in [0.25, 0.3) is 0 Å². The molecule has 20 heavy (non-hydrogen) atoms. The smallest absolute Gasteiger partial charge is 0.241 e. The topological polar surface area (TPSA) is 44.8 Å². The van der Waals surface area contributed by atoms with E-state index in [2.05, 4.69) is 37.9 Å². The summed E-state index contributed by atoms with van der Waals surface area (Å²) in [4.78, 5) is 16.9. The molecule has 2 heterocycles. The first-order chi connectivity index (χ1) is 9.56. The molecular formula is C15H29N3O2. The Morgan fingerprint density at radius 2 is 2.15 bits per heavy atom. The van der Waals surface area contributed by atoms with E-state index in [1.807, 2.05) is 4.90 Å². The first kappa shape index (κ1) is 15.7. The first-order valence-electron chi connectivity index (χ1n) is 7.97. The number of carbonyl (C=O) groups is 1. The van der Waals surface area contributed by atoms with Gasteiger partial charge in [0.15, 0.2) is 0 Å². The van der Waals surface area contributed by atoms with Gasteiger partial charge in [-0.05, 0) is 18.9 Å². The van der Waals surface area contributed by atoms with Crippen LogP contribution in [0.4, 0.5) is 0 Å². The van der Waals surface area contributed by atoms with Crippen molar-refractivity contribution in [2.24, 2.45) is 5.92 Å². The Balaban J connectivity index is 2.00. The van der Waals surface area contributed by atoms with Gasteiger partial charge in [0.1, 0.15) is 0 Å². The number of carbonyl (C=O) groups excluding carboxylic acids is 1. The van der Waals surface area contributed by atoms with Gasteiger partial charge in [-0.15, -0.1) is 0 Å². The quantitative estimate of drug-likeness (QED) is 0.814. The molecular weight excluding hydrogens is 254 g/mol. The standard InChI is InChI=1S/C15H29N3O2/c1-5-13-15(19)18(14(16-13)11(3)4)10-12-9-17(6-2)7-8-20-12/h11-14,16H,5-10H2,1-4H3. The Labute approximate surface area is 122 Å². The van der Waals surface area contributed by atoms with Crippen LogP contribution < -0.4 is 5.32 Å². The van der Waals surface area contributed by atoms with Crippen LogP contribution in [0.3, 0.4) is 0 Å². The summed E-state index contributed by atoms with van der Waals surface area (Å²) in [5.74, 6) is 0.657. The van der Waals surface area contributed by atoms with E-state index in [1.54, 1.807) is 0 Å². The van der Waals surface area contributed by atoms with E-state index < -0.39 is 0 Å². The number of nitrogens with one attached hydrogen (secondary N) is 1. The van der Waals surface area contributed by atoms with E-state index in [0.717, 1.165) is 32.7 Å². The van der Waals surface area contributed by atoms with Gasteiger partial charge in [-0.25, -0.2) is 0 Å². The van der Waals surface area contributed by atoms with Crippen molar-refractivity contribution < 1.29 is 9.53 Å². The van der Waals surface area contributed by atoms with E-state index in [4.69, 9.17) is 4.74 Å². The highest BCUT2D eigenvalue weighted by Crippen LogP contribution is 2.21. The van der Waals surface area contributed by atoms with Crippen molar-refractivity contribution in [1.29, 1.82) is 0 Å². The van der Waals surface area contributed by atoms with Crippen molar-refractivity contribution in [2.75, 3.05) is 32.8 Å². The van der Waals surface area contributed by atoms with Gasteiger partial charge in [0.2, 0.25) is 5.91 Å². The van der Waals surface area contributed by atoms with Crippen molar-refractivity contribution in [2.45, 2.75) is 52.4 Å². The highest BCUT2D eigenvalue weighted by molar-refractivity contribution is 5.84. The molecule has 5 nitrogen and oxygen atoms in total. The van der Waals surface area contributed by atoms with Crippen LogP contribution in [0.2, 0.25) is 0 Å². The summed E-state index contributed by atoms with van der Waals surface area (Å²) in [7, 11) is 0. The third-order valence-corrected chi connectivity index (χ3v) is 4.40. The molecule has 0 bridgehead atoms. The van der Waals surface area contributed by atoms with Crippen molar-refractivity contribution in [3.63, 3.8) is 0 Å². The van der Waals surface area contributed by atoms with Crippen LogP contribution in [0.5, 0.6) is 0 Å². The lowest BCUT2D eigenvalue weighted by Gasteiger charge is -2.36. The molecule has 1 N–H and O–H groups in total. The predicted molar refractivity (Wildman–Crippen MR) is 79.4 cm³/mol. The Morgan fingerprint density at radius 3 is 2.75 bits per heavy atom. The summed E-state index contributed by atoms with van der Waals surface area (Å²) in [6.07, 6.45) is 1.14. The van der Waals surface area contributed by atoms with Crippen LogP contribution in [-0.4, -0.2) is 66.8 Å². The van der Waals surface area contributed by atoms with E-state index >= 15 is 0 Å². The van der Waals surface area contributed by atoms with Crippen LogP contribution in [0, 0.1) is 5.92 Å². The summed E-state index contributed by atoms with van der Waals surface area (Å²) in [5.41, 5.74) is 0. The van der Waals surface area contributed by atoms with Crippen LogP contribution in [-0.2, 0) is 9.53 Å². The molecule has 5 heteroatoms. The predicted octanol–water partition coefficient (Wildman–Crippen LogP) is 0.900. The van der Waals surface area contributed by atoms with Gasteiger partial charge in [-0.3, -0.25) is 15.0 Å². The van der Waals surface area contributed by atoms with Crippen LogP contribution >= 0.6 is 0 Å². The van der Waals surface area contributed by atoms with E-state index in [9.17, 15) is 4.79 Å². The zero-order valence-corrected chi connectivity index (χ0v) is 13.3. The van der Waals surface area contributed by atoms with E-state index in [-0.39, 0.29) is 24.2 Å².